The molecule has 25 heteroatoms. The highest BCUT2D eigenvalue weighted by molar-refractivity contribution is 7.60. The summed E-state index contributed by atoms with van der Waals surface area (Å²) in [5.74, 6) is 0.784. The van der Waals surface area contributed by atoms with Crippen molar-refractivity contribution in [1.29, 1.82) is 10.5 Å². The van der Waals surface area contributed by atoms with Gasteiger partial charge in [-0.2, -0.15) is 20.1 Å². The monoisotopic (exact) mass is 909 g/mol. The number of aryl methyl sites for hydroxylation is 1. The molecule has 343 valence electrons. The minimum absolute atomic E-state index is 0.00232. The number of rotatable bonds is 7. The minimum atomic E-state index is -0.667. The average molecular weight is 907 g/mol. The highest BCUT2D eigenvalue weighted by atomic mass is 16.5. The molecule has 6 aliphatic rings. The maximum Gasteiger partial charge on any atom is 0.376 e. The molecule has 8 rings (SSSR count). The number of hydrogen-bond donors (Lipinski definition) is 2. The lowest BCUT2D eigenvalue weighted by Gasteiger charge is -2.54. The van der Waals surface area contributed by atoms with E-state index in [0.29, 0.717) is 56.3 Å². The van der Waals surface area contributed by atoms with Crippen molar-refractivity contribution in [3.05, 3.63) is 70.8 Å². The number of piperazine rings is 1. The van der Waals surface area contributed by atoms with Crippen LogP contribution in [0.4, 0.5) is 0 Å². The van der Waals surface area contributed by atoms with Gasteiger partial charge in [0.2, 0.25) is 5.91 Å². The lowest BCUT2D eigenvalue weighted by molar-refractivity contribution is -0.191. The van der Waals surface area contributed by atoms with Crippen LogP contribution in [-0.4, -0.2) is 229 Å². The summed E-state index contributed by atoms with van der Waals surface area (Å²) < 4.78 is 11.8. The number of nitriles is 2. The standard InChI is InChI=1S/C21H29BN4O3.C13H25BN2O2.C8H7N.CO2.B5.B4/c1-22(28)26-10-9-25(20(27)12-16-5-4-6-17(11-16)13-23)21-18(14-29-15-19(21)26)24-7-2-3-8-24;1-14(17)16-8-4-5-11-12(9-18-10-13(11)16)15-6-2-3-7-15;1-7-3-2-4-8(5-7)6-9;2-1-3;1-4-5(2)3;1-4(2)3/h4-6,11,18-19,21,28H,2-3,7-10,12,14-15H2,1H3;11-13,17H,2-10H2,1H3;2-5H,1H3;;;/t18-,19+,21+;11-,12+,13-;;;;/m01..../s1. The van der Waals surface area contributed by atoms with Crippen molar-refractivity contribution >= 4 is 92.4 Å². The van der Waals surface area contributed by atoms with Gasteiger partial charge in [0.25, 0.3) is 0 Å². The normalized spacial score (nSPS) is 24.2. The Balaban J connectivity index is 0.000000265. The van der Waals surface area contributed by atoms with Crippen LogP contribution in [0, 0.1) is 35.5 Å². The largest absolute Gasteiger partial charge is 0.437 e. The van der Waals surface area contributed by atoms with E-state index in [1.807, 2.05) is 49.0 Å². The van der Waals surface area contributed by atoms with Crippen LogP contribution >= 0.6 is 0 Å². The Hall–Kier alpha value is -3.34. The number of benzene rings is 2. The number of ether oxygens (including phenoxy) is 2. The van der Waals surface area contributed by atoms with E-state index in [-0.39, 0.29) is 37.2 Å². The molecule has 6 aliphatic heterocycles. The molecule has 0 unspecified atom stereocenters. The van der Waals surface area contributed by atoms with Crippen LogP contribution in [0.5, 0.6) is 0 Å². The summed E-state index contributed by atoms with van der Waals surface area (Å²) in [6, 6.07) is 20.2. The Morgan fingerprint density at radius 3 is 1.69 bits per heavy atom. The van der Waals surface area contributed by atoms with Gasteiger partial charge in [-0.1, -0.05) is 24.3 Å². The van der Waals surface area contributed by atoms with Gasteiger partial charge < -0.3 is 34.0 Å². The van der Waals surface area contributed by atoms with Gasteiger partial charge in [-0.05, 0) is 133 Å². The van der Waals surface area contributed by atoms with E-state index in [2.05, 4.69) is 54.8 Å². The SMILES string of the molecule is CB(O)N1CCC[C@H]2[C@H]1COC[C@@H]2N1CCCC1.CB(O)N1CCN(C(=O)Cc2cccc(C#N)c2)[C@H]2[C@H]1COC[C@@H]2N1CCCC1.Cc1cccc(C#N)c1.O=C=O.[B]B([B])[B].[B][B]B([B])[B]. The number of fused-ring (bicyclic) bond motifs is 2. The van der Waals surface area contributed by atoms with Crippen LogP contribution < -0.4 is 0 Å². The van der Waals surface area contributed by atoms with Crippen LogP contribution in [-0.2, 0) is 30.3 Å². The fraction of sp³-hybridized carbons (Fsp3) is 0.628. The molecular weight excluding hydrogens is 845 g/mol. The quantitative estimate of drug-likeness (QED) is 0.329. The van der Waals surface area contributed by atoms with Crippen molar-refractivity contribution in [1.82, 2.24) is 24.3 Å². The zero-order chi connectivity index (χ0) is 50.2. The summed E-state index contributed by atoms with van der Waals surface area (Å²) in [7, 11) is 28.9. The first-order valence-corrected chi connectivity index (χ1v) is 23.7. The number of likely N-dealkylation sites (tertiary alicyclic amines) is 2. The van der Waals surface area contributed by atoms with Crippen molar-refractivity contribution in [2.75, 3.05) is 72.2 Å². The van der Waals surface area contributed by atoms with Crippen LogP contribution in [0.3, 0.4) is 0 Å². The Morgan fingerprint density at radius 1 is 0.721 bits per heavy atom. The molecule has 0 aliphatic carbocycles. The molecule has 6 atom stereocenters. The maximum absolute atomic E-state index is 13.4. The molecule has 2 aromatic rings. The molecule has 6 fully saturated rings. The minimum Gasteiger partial charge on any atom is -0.437 e. The first-order chi connectivity index (χ1) is 32.6. The van der Waals surface area contributed by atoms with Crippen molar-refractivity contribution in [3.8, 4) is 12.1 Å². The van der Waals surface area contributed by atoms with E-state index >= 15 is 0 Å². The summed E-state index contributed by atoms with van der Waals surface area (Å²) in [4.78, 5) is 41.0. The highest BCUT2D eigenvalue weighted by Gasteiger charge is 2.49. The van der Waals surface area contributed by atoms with Crippen LogP contribution in [0.1, 0.15) is 60.8 Å². The number of piperidine rings is 1. The van der Waals surface area contributed by atoms with Crippen molar-refractivity contribution in [3.63, 3.8) is 0 Å². The second kappa shape index (κ2) is 31.8. The Bertz CT molecular complexity index is 1890. The third-order valence-electron chi connectivity index (χ3n) is 13.0. The second-order valence-electron chi connectivity index (χ2n) is 17.9. The summed E-state index contributed by atoms with van der Waals surface area (Å²) >= 11 is 0. The van der Waals surface area contributed by atoms with E-state index in [1.54, 1.807) is 25.0 Å². The van der Waals surface area contributed by atoms with Crippen molar-refractivity contribution in [2.24, 2.45) is 5.92 Å². The predicted molar refractivity (Wildman–Crippen MR) is 275 cm³/mol. The Kier molecular flexibility index (Phi) is 27.6. The molecule has 6 saturated heterocycles. The number of amides is 1. The molecule has 2 aromatic carbocycles. The first kappa shape index (κ1) is 59.0. The van der Waals surface area contributed by atoms with Crippen molar-refractivity contribution < 1.29 is 33.9 Å². The summed E-state index contributed by atoms with van der Waals surface area (Å²) in [5.41, 5.74) is 3.31. The molecule has 1 amide bonds. The lowest BCUT2D eigenvalue weighted by atomic mass is 8.97. The molecule has 2 N–H and O–H groups in total. The highest BCUT2D eigenvalue weighted by Crippen LogP contribution is 2.34. The zero-order valence-corrected chi connectivity index (χ0v) is 40.2. The number of carbonyl (C=O) groups is 1. The molecule has 13 radical (unpaired) electrons. The topological polar surface area (TPSA) is 174 Å². The fourth-order valence-corrected chi connectivity index (χ4v) is 10.0. The molecule has 68 heavy (non-hydrogen) atoms. The van der Waals surface area contributed by atoms with E-state index in [4.69, 9.17) is 52.8 Å². The predicted octanol–water partition coefficient (Wildman–Crippen LogP) is -0.885. The average Bonchev–Trinajstić information content (AvgIpc) is 4.08. The molecule has 0 aromatic heterocycles. The van der Waals surface area contributed by atoms with Crippen molar-refractivity contribution in [2.45, 2.75) is 95.7 Å². The third kappa shape index (κ3) is 19.1. The van der Waals surface area contributed by atoms with E-state index in [1.165, 1.54) is 58.7 Å². The van der Waals surface area contributed by atoms with Gasteiger partial charge in [0.1, 0.15) is 0 Å². The van der Waals surface area contributed by atoms with Gasteiger partial charge in [0, 0.05) is 97.5 Å². The summed E-state index contributed by atoms with van der Waals surface area (Å²) in [5, 5.41) is 37.8. The summed E-state index contributed by atoms with van der Waals surface area (Å²) in [6.45, 7) is 15.4. The van der Waals surface area contributed by atoms with Crippen LogP contribution in [0.15, 0.2) is 48.5 Å². The number of nitrogens with zero attached hydrogens (tertiary/aromatic N) is 7. The third-order valence-corrected chi connectivity index (χ3v) is 13.0. The van der Waals surface area contributed by atoms with Gasteiger partial charge in [0.05, 0.1) is 68.2 Å². The van der Waals surface area contributed by atoms with E-state index in [0.717, 1.165) is 49.5 Å². The molecule has 0 saturated carbocycles. The van der Waals surface area contributed by atoms with E-state index in [9.17, 15) is 14.8 Å². The van der Waals surface area contributed by atoms with Crippen LogP contribution in [0.2, 0.25) is 13.6 Å². The van der Waals surface area contributed by atoms with E-state index < -0.39 is 19.8 Å². The maximum atomic E-state index is 13.4. The second-order valence-corrected chi connectivity index (χ2v) is 17.9. The lowest BCUT2D eigenvalue weighted by Crippen LogP contribution is -2.73. The van der Waals surface area contributed by atoms with Crippen LogP contribution in [0.25, 0.3) is 0 Å². The molecule has 14 nitrogen and oxygen atoms in total. The molecule has 0 bridgehead atoms. The molecular formula is C43H61B11N7O7. The zero-order valence-electron chi connectivity index (χ0n) is 40.2. The Labute approximate surface area is 416 Å². The molecule has 0 spiro atoms. The fourth-order valence-electron chi connectivity index (χ4n) is 10.0. The number of carbonyl (C=O) groups excluding carboxylic acids is 3. The number of hydrogen-bond acceptors (Lipinski definition) is 13. The molecule has 6 heterocycles. The Morgan fingerprint density at radius 2 is 1.19 bits per heavy atom. The van der Waals surface area contributed by atoms with Gasteiger partial charge in [-0.3, -0.25) is 14.6 Å². The van der Waals surface area contributed by atoms with Gasteiger partial charge >= 0.3 is 20.3 Å². The van der Waals surface area contributed by atoms with Gasteiger partial charge in [-0.15, -0.1) is 0 Å². The van der Waals surface area contributed by atoms with Gasteiger partial charge in [-0.25, -0.2) is 0 Å². The smallest absolute Gasteiger partial charge is 0.376 e. The first-order valence-electron chi connectivity index (χ1n) is 23.7. The van der Waals surface area contributed by atoms with Gasteiger partial charge in [0.15, 0.2) is 0 Å². The summed E-state index contributed by atoms with van der Waals surface area (Å²) in [6.07, 6.45) is 6.99.